The number of aromatic nitrogens is 2. The second-order valence-electron chi connectivity index (χ2n) is 5.34. The molecule has 1 saturated carbocycles. The lowest BCUT2D eigenvalue weighted by molar-refractivity contribution is 0.0950. The minimum atomic E-state index is -0.0667. The van der Waals surface area contributed by atoms with Crippen LogP contribution in [0.2, 0.25) is 0 Å². The third-order valence-corrected chi connectivity index (χ3v) is 3.70. The van der Waals surface area contributed by atoms with Crippen LogP contribution >= 0.6 is 0 Å². The van der Waals surface area contributed by atoms with Crippen LogP contribution in [0.4, 0.5) is 0 Å². The van der Waals surface area contributed by atoms with Crippen LogP contribution in [0, 0.1) is 13.8 Å². The van der Waals surface area contributed by atoms with Crippen molar-refractivity contribution in [1.82, 2.24) is 15.1 Å². The summed E-state index contributed by atoms with van der Waals surface area (Å²) < 4.78 is 7.53. The van der Waals surface area contributed by atoms with E-state index in [1.165, 1.54) is 12.8 Å². The third kappa shape index (κ3) is 2.61. The van der Waals surface area contributed by atoms with Gasteiger partial charge in [-0.25, -0.2) is 0 Å². The largest absolute Gasteiger partial charge is 0.465 e. The molecule has 3 rings (SSSR count). The van der Waals surface area contributed by atoms with Crippen molar-refractivity contribution < 1.29 is 9.21 Å². The third-order valence-electron chi connectivity index (χ3n) is 3.70. The lowest BCUT2D eigenvalue weighted by Crippen LogP contribution is -2.27. The molecule has 2 aromatic heterocycles. The Balaban J connectivity index is 1.57. The number of furan rings is 1. The molecule has 2 aromatic rings. The van der Waals surface area contributed by atoms with Crippen LogP contribution in [-0.2, 0) is 6.54 Å². The van der Waals surface area contributed by atoms with Crippen LogP contribution in [0.15, 0.2) is 22.7 Å². The molecule has 1 amide bonds. The van der Waals surface area contributed by atoms with Gasteiger partial charge in [-0.2, -0.15) is 5.10 Å². The molecular formula is C15H19N3O2. The van der Waals surface area contributed by atoms with Crippen LogP contribution in [0.25, 0.3) is 0 Å². The average Bonchev–Trinajstić information content (AvgIpc) is 3.09. The smallest absolute Gasteiger partial charge is 0.254 e. The van der Waals surface area contributed by atoms with E-state index in [1.54, 1.807) is 6.20 Å². The molecule has 1 aliphatic carbocycles. The molecule has 0 spiro atoms. The predicted molar refractivity (Wildman–Crippen MR) is 74.7 cm³/mol. The molecule has 1 N–H and O–H groups in total. The van der Waals surface area contributed by atoms with E-state index >= 15 is 0 Å². The summed E-state index contributed by atoms with van der Waals surface area (Å²) in [5.74, 6) is 2.13. The van der Waals surface area contributed by atoms with E-state index in [0.717, 1.165) is 11.5 Å². The first-order valence-electron chi connectivity index (χ1n) is 7.02. The quantitative estimate of drug-likeness (QED) is 0.910. The highest BCUT2D eigenvalue weighted by Crippen LogP contribution is 2.41. The van der Waals surface area contributed by atoms with Gasteiger partial charge in [-0.3, -0.25) is 9.48 Å². The number of aryl methyl sites for hydroxylation is 2. The van der Waals surface area contributed by atoms with Crippen LogP contribution < -0.4 is 5.32 Å². The molecule has 2 heterocycles. The number of hydrogen-bond acceptors (Lipinski definition) is 3. The molecule has 0 saturated heterocycles. The summed E-state index contributed by atoms with van der Waals surface area (Å²) in [6.45, 7) is 5.08. The summed E-state index contributed by atoms with van der Waals surface area (Å²) in [5.41, 5.74) is 1.75. The highest BCUT2D eigenvalue weighted by atomic mass is 16.3. The Morgan fingerprint density at radius 3 is 2.95 bits per heavy atom. The van der Waals surface area contributed by atoms with Gasteiger partial charge >= 0.3 is 0 Å². The summed E-state index contributed by atoms with van der Waals surface area (Å²) in [7, 11) is 0. The number of nitrogens with zero attached hydrogens (tertiary/aromatic N) is 2. The second kappa shape index (κ2) is 5.15. The molecule has 1 fully saturated rings. The normalized spacial score (nSPS) is 14.5. The standard InChI is InChI=1S/C15H19N3O2/c1-10-5-6-17-18(10)8-7-16-15(19)13-9-14(12-3-4-12)20-11(13)2/h5-6,9,12H,3-4,7-8H2,1-2H3,(H,16,19). The van der Waals surface area contributed by atoms with Gasteiger partial charge in [0.25, 0.3) is 5.91 Å². The fourth-order valence-electron chi connectivity index (χ4n) is 2.30. The molecule has 106 valence electrons. The number of carbonyl (C=O) groups is 1. The van der Waals surface area contributed by atoms with Crippen molar-refractivity contribution >= 4 is 5.91 Å². The predicted octanol–water partition coefficient (Wildman–Crippen LogP) is 2.40. The Morgan fingerprint density at radius 2 is 2.30 bits per heavy atom. The molecule has 1 aliphatic rings. The van der Waals surface area contributed by atoms with Gasteiger partial charge in [0.15, 0.2) is 0 Å². The summed E-state index contributed by atoms with van der Waals surface area (Å²) >= 11 is 0. The van der Waals surface area contributed by atoms with Gasteiger partial charge in [-0.1, -0.05) is 0 Å². The maximum Gasteiger partial charge on any atom is 0.254 e. The maximum atomic E-state index is 12.1. The highest BCUT2D eigenvalue weighted by molar-refractivity contribution is 5.95. The van der Waals surface area contributed by atoms with E-state index in [9.17, 15) is 4.79 Å². The topological polar surface area (TPSA) is 60.1 Å². The summed E-state index contributed by atoms with van der Waals surface area (Å²) in [5, 5.41) is 7.10. The lowest BCUT2D eigenvalue weighted by atomic mass is 10.2. The van der Waals surface area contributed by atoms with Crippen molar-refractivity contribution in [3.8, 4) is 0 Å². The SMILES string of the molecule is Cc1oc(C2CC2)cc1C(=O)NCCn1nccc1C. The molecule has 0 aromatic carbocycles. The number of carbonyl (C=O) groups excluding carboxylic acids is 1. The Labute approximate surface area is 118 Å². The maximum absolute atomic E-state index is 12.1. The Morgan fingerprint density at radius 1 is 1.50 bits per heavy atom. The molecule has 0 atom stereocenters. The lowest BCUT2D eigenvalue weighted by Gasteiger charge is -2.06. The minimum Gasteiger partial charge on any atom is -0.465 e. The van der Waals surface area contributed by atoms with E-state index in [4.69, 9.17) is 4.42 Å². The molecular weight excluding hydrogens is 254 g/mol. The summed E-state index contributed by atoms with van der Waals surface area (Å²) in [6, 6.07) is 3.84. The molecule has 0 aliphatic heterocycles. The highest BCUT2D eigenvalue weighted by Gasteiger charge is 2.28. The Bertz CT molecular complexity index is 623. The van der Waals surface area contributed by atoms with Crippen molar-refractivity contribution in [1.29, 1.82) is 0 Å². The Hall–Kier alpha value is -2.04. The van der Waals surface area contributed by atoms with E-state index in [0.29, 0.717) is 30.3 Å². The number of nitrogens with one attached hydrogen (secondary N) is 1. The van der Waals surface area contributed by atoms with Gasteiger partial charge in [-0.05, 0) is 38.8 Å². The van der Waals surface area contributed by atoms with Crippen LogP contribution in [-0.4, -0.2) is 22.2 Å². The van der Waals surface area contributed by atoms with E-state index in [1.807, 2.05) is 30.7 Å². The zero-order valence-corrected chi connectivity index (χ0v) is 11.8. The summed E-state index contributed by atoms with van der Waals surface area (Å²) in [4.78, 5) is 12.1. The monoisotopic (exact) mass is 273 g/mol. The van der Waals surface area contributed by atoms with E-state index in [-0.39, 0.29) is 5.91 Å². The molecule has 0 radical (unpaired) electrons. The van der Waals surface area contributed by atoms with Gasteiger partial charge in [-0.15, -0.1) is 0 Å². The van der Waals surface area contributed by atoms with Crippen LogP contribution in [0.3, 0.4) is 0 Å². The molecule has 5 heteroatoms. The zero-order chi connectivity index (χ0) is 14.1. The molecule has 20 heavy (non-hydrogen) atoms. The van der Waals surface area contributed by atoms with Crippen molar-refractivity contribution in [3.05, 3.63) is 41.1 Å². The summed E-state index contributed by atoms with van der Waals surface area (Å²) in [6.07, 6.45) is 4.11. The first-order chi connectivity index (χ1) is 9.65. The first-order valence-corrected chi connectivity index (χ1v) is 7.02. The van der Waals surface area contributed by atoms with Gasteiger partial charge in [0.1, 0.15) is 11.5 Å². The number of hydrogen-bond donors (Lipinski definition) is 1. The van der Waals surface area contributed by atoms with E-state index < -0.39 is 0 Å². The molecule has 0 unspecified atom stereocenters. The minimum absolute atomic E-state index is 0.0667. The fourth-order valence-corrected chi connectivity index (χ4v) is 2.30. The van der Waals surface area contributed by atoms with Crippen LogP contribution in [0.1, 0.15) is 46.3 Å². The van der Waals surface area contributed by atoms with Gasteiger partial charge < -0.3 is 9.73 Å². The van der Waals surface area contributed by atoms with Gasteiger partial charge in [0, 0.05) is 24.4 Å². The number of rotatable bonds is 5. The number of amides is 1. The first kappa shape index (κ1) is 13.0. The van der Waals surface area contributed by atoms with Gasteiger partial charge in [0.2, 0.25) is 0 Å². The van der Waals surface area contributed by atoms with Crippen molar-refractivity contribution in [3.63, 3.8) is 0 Å². The fraction of sp³-hybridized carbons (Fsp3) is 0.467. The molecule has 5 nitrogen and oxygen atoms in total. The van der Waals surface area contributed by atoms with Crippen molar-refractivity contribution in [2.45, 2.75) is 39.2 Å². The second-order valence-corrected chi connectivity index (χ2v) is 5.34. The van der Waals surface area contributed by atoms with Crippen molar-refractivity contribution in [2.24, 2.45) is 0 Å². The zero-order valence-electron chi connectivity index (χ0n) is 11.8. The van der Waals surface area contributed by atoms with Gasteiger partial charge in [0.05, 0.1) is 12.1 Å². The Kier molecular flexibility index (Phi) is 3.34. The van der Waals surface area contributed by atoms with Crippen molar-refractivity contribution in [2.75, 3.05) is 6.54 Å². The van der Waals surface area contributed by atoms with E-state index in [2.05, 4.69) is 10.4 Å². The van der Waals surface area contributed by atoms with Crippen LogP contribution in [0.5, 0.6) is 0 Å². The average molecular weight is 273 g/mol. The molecule has 0 bridgehead atoms.